The van der Waals surface area contributed by atoms with Gasteiger partial charge in [-0.15, -0.1) is 0 Å². The van der Waals surface area contributed by atoms with Crippen molar-refractivity contribution < 1.29 is 19.4 Å². The summed E-state index contributed by atoms with van der Waals surface area (Å²) in [6, 6.07) is 6.00. The van der Waals surface area contributed by atoms with Crippen LogP contribution in [0.1, 0.15) is 57.6 Å². The molecule has 0 spiro atoms. The Kier molecular flexibility index (Phi) is 6.58. The Morgan fingerprint density at radius 3 is 2.70 bits per heavy atom. The minimum Gasteiger partial charge on any atom is -0.497 e. The van der Waals surface area contributed by atoms with Crippen LogP contribution < -0.4 is 4.74 Å². The highest BCUT2D eigenvalue weighted by Gasteiger charge is 2.61. The van der Waals surface area contributed by atoms with Gasteiger partial charge in [-0.2, -0.15) is 0 Å². The minimum absolute atomic E-state index is 0.0220. The van der Waals surface area contributed by atoms with Crippen molar-refractivity contribution in [1.29, 1.82) is 0 Å². The average Bonchev–Trinajstić information content (AvgIpc) is 2.75. The van der Waals surface area contributed by atoms with Crippen LogP contribution >= 0.6 is 0 Å². The Morgan fingerprint density at radius 2 is 2.10 bits per heavy atom. The summed E-state index contributed by atoms with van der Waals surface area (Å²) in [5.74, 6) is 0.357. The first-order valence-corrected chi connectivity index (χ1v) is 11.1. The summed E-state index contributed by atoms with van der Waals surface area (Å²) in [6.45, 7) is 10.2. The Bertz CT molecular complexity index is 797. The molecule has 1 aromatic rings. The van der Waals surface area contributed by atoms with E-state index in [4.69, 9.17) is 4.74 Å². The first kappa shape index (κ1) is 22.8. The number of ether oxygens (including phenoxy) is 1. The standard InChI is InChI=1S/C24H36N2O4/c1-6-25-13-12-23(21-14-20(30-5)9-8-17(21)3)15-19(22(28)26(7-2)16-27)10-11-24(23,29)18(25)4/h8-9,14,16,18-19,29H,6-7,10-13,15H2,1-5H3. The second-order valence-corrected chi connectivity index (χ2v) is 8.91. The van der Waals surface area contributed by atoms with Crippen molar-refractivity contribution >= 4 is 12.3 Å². The van der Waals surface area contributed by atoms with Gasteiger partial charge in [-0.1, -0.05) is 13.0 Å². The maximum Gasteiger partial charge on any atom is 0.232 e. The molecule has 4 unspecified atom stereocenters. The largest absolute Gasteiger partial charge is 0.497 e. The summed E-state index contributed by atoms with van der Waals surface area (Å²) >= 11 is 0. The number of hydrogen-bond acceptors (Lipinski definition) is 5. The predicted molar refractivity (Wildman–Crippen MR) is 116 cm³/mol. The van der Waals surface area contributed by atoms with E-state index in [0.29, 0.717) is 32.2 Å². The summed E-state index contributed by atoms with van der Waals surface area (Å²) in [7, 11) is 1.65. The average molecular weight is 417 g/mol. The zero-order chi connectivity index (χ0) is 22.1. The first-order valence-electron chi connectivity index (χ1n) is 11.1. The SMILES string of the molecule is CCN(C=O)C(=O)C1CCC2(O)C(C)N(CC)CCC2(c2cc(OC)ccc2C)C1. The number of amides is 2. The number of methoxy groups -OCH3 is 1. The predicted octanol–water partition coefficient (Wildman–Crippen LogP) is 2.89. The van der Waals surface area contributed by atoms with Crippen LogP contribution in [0.3, 0.4) is 0 Å². The van der Waals surface area contributed by atoms with Crippen LogP contribution in [0.25, 0.3) is 0 Å². The van der Waals surface area contributed by atoms with E-state index in [2.05, 4.69) is 25.7 Å². The number of aliphatic hydroxyl groups is 1. The molecule has 0 bridgehead atoms. The molecule has 0 radical (unpaired) electrons. The van der Waals surface area contributed by atoms with Gasteiger partial charge in [0, 0.05) is 23.9 Å². The zero-order valence-electron chi connectivity index (χ0n) is 19.0. The molecule has 6 nitrogen and oxygen atoms in total. The number of likely N-dealkylation sites (tertiary alicyclic amines) is 1. The van der Waals surface area contributed by atoms with Crippen LogP contribution in [0, 0.1) is 12.8 Å². The summed E-state index contributed by atoms with van der Waals surface area (Å²) in [6.07, 6.45) is 3.07. The van der Waals surface area contributed by atoms with Crippen LogP contribution in [-0.2, 0) is 15.0 Å². The fraction of sp³-hybridized carbons (Fsp3) is 0.667. The molecular weight excluding hydrogens is 380 g/mol. The number of aryl methyl sites for hydroxylation is 1. The van der Waals surface area contributed by atoms with Crippen LogP contribution in [0.15, 0.2) is 18.2 Å². The molecule has 1 heterocycles. The monoisotopic (exact) mass is 416 g/mol. The quantitative estimate of drug-likeness (QED) is 0.722. The van der Waals surface area contributed by atoms with Gasteiger partial charge in [0.2, 0.25) is 12.3 Å². The maximum absolute atomic E-state index is 13.1. The topological polar surface area (TPSA) is 70.1 Å². The number of rotatable bonds is 6. The summed E-state index contributed by atoms with van der Waals surface area (Å²) in [4.78, 5) is 28.1. The summed E-state index contributed by atoms with van der Waals surface area (Å²) in [5, 5.41) is 12.2. The van der Waals surface area contributed by atoms with Crippen LogP contribution in [0.2, 0.25) is 0 Å². The highest BCUT2D eigenvalue weighted by atomic mass is 16.5. The molecule has 0 aromatic heterocycles. The van der Waals surface area contributed by atoms with Crippen molar-refractivity contribution in [2.75, 3.05) is 26.7 Å². The Hall–Kier alpha value is -1.92. The molecule has 30 heavy (non-hydrogen) atoms. The van der Waals surface area contributed by atoms with Gasteiger partial charge in [-0.25, -0.2) is 0 Å². The normalized spacial score (nSPS) is 31.7. The number of carbonyl (C=O) groups is 2. The number of piperidine rings is 1. The summed E-state index contributed by atoms with van der Waals surface area (Å²) in [5.41, 5.74) is 0.658. The molecule has 1 saturated heterocycles. The third-order valence-corrected chi connectivity index (χ3v) is 7.83. The lowest BCUT2D eigenvalue weighted by Gasteiger charge is -2.61. The van der Waals surface area contributed by atoms with Crippen LogP contribution in [-0.4, -0.2) is 65.6 Å². The van der Waals surface area contributed by atoms with E-state index >= 15 is 0 Å². The van der Waals surface area contributed by atoms with Crippen molar-refractivity contribution in [3.63, 3.8) is 0 Å². The number of likely N-dealkylation sites (N-methyl/N-ethyl adjacent to an activating group) is 1. The smallest absolute Gasteiger partial charge is 0.232 e. The Balaban J connectivity index is 2.13. The fourth-order valence-corrected chi connectivity index (χ4v) is 5.97. The molecule has 1 N–H and O–H groups in total. The van der Waals surface area contributed by atoms with Gasteiger partial charge in [0.25, 0.3) is 0 Å². The summed E-state index contributed by atoms with van der Waals surface area (Å²) < 4.78 is 5.51. The highest BCUT2D eigenvalue weighted by Crippen LogP contribution is 2.56. The van der Waals surface area contributed by atoms with Gasteiger partial charge in [0.1, 0.15) is 5.75 Å². The molecule has 4 atom stereocenters. The van der Waals surface area contributed by atoms with Gasteiger partial charge in [0.05, 0.1) is 12.7 Å². The number of imide groups is 1. The van der Waals surface area contributed by atoms with Crippen LogP contribution in [0.5, 0.6) is 5.75 Å². The maximum atomic E-state index is 13.1. The second kappa shape index (κ2) is 8.67. The fourth-order valence-electron chi connectivity index (χ4n) is 5.97. The molecule has 2 fully saturated rings. The van der Waals surface area contributed by atoms with Crippen molar-refractivity contribution in [1.82, 2.24) is 9.80 Å². The van der Waals surface area contributed by atoms with Crippen LogP contribution in [0.4, 0.5) is 0 Å². The third kappa shape index (κ3) is 3.44. The third-order valence-electron chi connectivity index (χ3n) is 7.83. The molecule has 1 aliphatic heterocycles. The molecule has 2 amide bonds. The number of fused-ring (bicyclic) bond motifs is 1. The van der Waals surface area contributed by atoms with E-state index in [1.165, 1.54) is 4.90 Å². The second-order valence-electron chi connectivity index (χ2n) is 8.91. The highest BCUT2D eigenvalue weighted by molar-refractivity contribution is 5.88. The number of nitrogens with zero attached hydrogens (tertiary/aromatic N) is 2. The lowest BCUT2D eigenvalue weighted by Crippen LogP contribution is -2.70. The van der Waals surface area contributed by atoms with Crippen molar-refractivity contribution in [2.24, 2.45) is 5.92 Å². The van der Waals surface area contributed by atoms with Gasteiger partial charge >= 0.3 is 0 Å². The van der Waals surface area contributed by atoms with E-state index in [-0.39, 0.29) is 17.9 Å². The lowest BCUT2D eigenvalue weighted by molar-refractivity contribution is -0.170. The molecular formula is C24H36N2O4. The lowest BCUT2D eigenvalue weighted by atomic mass is 9.51. The van der Waals surface area contributed by atoms with E-state index < -0.39 is 11.0 Å². The molecule has 2 aliphatic rings. The number of hydrogen-bond donors (Lipinski definition) is 1. The van der Waals surface area contributed by atoms with Gasteiger partial charge in [-0.05, 0) is 82.8 Å². The van der Waals surface area contributed by atoms with Crippen molar-refractivity contribution in [3.8, 4) is 5.75 Å². The van der Waals surface area contributed by atoms with Gasteiger partial charge in [-0.3, -0.25) is 19.4 Å². The van der Waals surface area contributed by atoms with Gasteiger partial charge < -0.3 is 9.84 Å². The number of benzene rings is 1. The van der Waals surface area contributed by atoms with E-state index in [1.54, 1.807) is 7.11 Å². The van der Waals surface area contributed by atoms with E-state index in [1.807, 2.05) is 25.1 Å². The zero-order valence-corrected chi connectivity index (χ0v) is 19.0. The minimum atomic E-state index is -0.951. The van der Waals surface area contributed by atoms with Gasteiger partial charge in [0.15, 0.2) is 0 Å². The molecule has 6 heteroatoms. The molecule has 1 saturated carbocycles. The molecule has 1 aromatic carbocycles. The molecule has 1 aliphatic carbocycles. The van der Waals surface area contributed by atoms with Crippen molar-refractivity contribution in [2.45, 2.75) is 70.4 Å². The Labute approximate surface area is 180 Å². The molecule has 3 rings (SSSR count). The number of carbonyl (C=O) groups excluding carboxylic acids is 2. The first-order chi connectivity index (χ1) is 14.3. The van der Waals surface area contributed by atoms with E-state index in [9.17, 15) is 14.7 Å². The van der Waals surface area contributed by atoms with Crippen molar-refractivity contribution in [3.05, 3.63) is 29.3 Å². The van der Waals surface area contributed by atoms with E-state index in [0.717, 1.165) is 36.4 Å². The Morgan fingerprint density at radius 1 is 1.37 bits per heavy atom. The molecule has 166 valence electrons.